The molecule has 0 atom stereocenters. The van der Waals surface area contributed by atoms with E-state index in [-0.39, 0.29) is 12.0 Å². The van der Waals surface area contributed by atoms with Crippen molar-refractivity contribution in [3.63, 3.8) is 0 Å². The van der Waals surface area contributed by atoms with Gasteiger partial charge in [-0.3, -0.25) is 14.4 Å². The highest BCUT2D eigenvalue weighted by molar-refractivity contribution is 8.00. The number of hydrogen-bond acceptors (Lipinski definition) is 7. The Balaban J connectivity index is 2.18. The van der Waals surface area contributed by atoms with Gasteiger partial charge in [-0.1, -0.05) is 56.0 Å². The van der Waals surface area contributed by atoms with Crippen LogP contribution in [0.3, 0.4) is 0 Å². The summed E-state index contributed by atoms with van der Waals surface area (Å²) in [6.07, 6.45) is 2.94. The van der Waals surface area contributed by atoms with Gasteiger partial charge < -0.3 is 0 Å². The van der Waals surface area contributed by atoms with Gasteiger partial charge in [-0.05, 0) is 29.4 Å². The monoisotopic (exact) mass is 414 g/mol. The molecule has 0 bridgehead atoms. The Morgan fingerprint density at radius 3 is 2.31 bits per heavy atom. The van der Waals surface area contributed by atoms with Gasteiger partial charge in [-0.2, -0.15) is 0 Å². The van der Waals surface area contributed by atoms with Crippen LogP contribution in [0.2, 0.25) is 0 Å². The van der Waals surface area contributed by atoms with Crippen molar-refractivity contribution in [1.82, 2.24) is 10.2 Å². The molecule has 0 aliphatic rings. The summed E-state index contributed by atoms with van der Waals surface area (Å²) in [6, 6.07) is 7.18. The van der Waals surface area contributed by atoms with E-state index in [0.29, 0.717) is 10.8 Å². The Kier molecular flexibility index (Phi) is 6.30. The second-order valence-electron chi connectivity index (χ2n) is 6.69. The highest BCUT2D eigenvalue weighted by Gasteiger charge is 2.22. The van der Waals surface area contributed by atoms with Crippen LogP contribution in [0.5, 0.6) is 0 Å². The molecule has 1 heterocycles. The Bertz CT molecular complexity index is 871. The van der Waals surface area contributed by atoms with Crippen LogP contribution in [0.15, 0.2) is 28.6 Å². The lowest BCUT2D eigenvalue weighted by Crippen LogP contribution is -2.37. The van der Waals surface area contributed by atoms with Crippen LogP contribution < -0.4 is 9.62 Å². The van der Waals surface area contributed by atoms with E-state index in [1.165, 1.54) is 23.1 Å². The number of nitrogens with one attached hydrogen (secondary N) is 1. The zero-order chi connectivity index (χ0) is 19.5. The molecule has 7 nitrogen and oxygen atoms in total. The van der Waals surface area contributed by atoms with Gasteiger partial charge in [0.2, 0.25) is 21.1 Å². The fourth-order valence-electron chi connectivity index (χ4n) is 2.16. The molecule has 2 rings (SSSR count). The normalized spacial score (nSPS) is 12.0. The molecule has 0 saturated heterocycles. The van der Waals surface area contributed by atoms with Crippen molar-refractivity contribution in [2.24, 2.45) is 0 Å². The van der Waals surface area contributed by atoms with Crippen molar-refractivity contribution in [3.8, 4) is 0 Å². The summed E-state index contributed by atoms with van der Waals surface area (Å²) in [4.78, 5) is 12.3. The molecular formula is C16H22N4O3S3. The second kappa shape index (κ2) is 7.93. The Labute approximate surface area is 162 Å². The lowest BCUT2D eigenvalue weighted by atomic mass is 9.87. The summed E-state index contributed by atoms with van der Waals surface area (Å²) in [5.74, 6) is -0.473. The SMILES string of the molecule is CSc1nnc(NC(=O)CN(c2ccc(C(C)(C)C)cc2)S(C)(=O)=O)s1. The maximum absolute atomic E-state index is 12.3. The molecule has 0 unspecified atom stereocenters. The maximum Gasteiger partial charge on any atom is 0.246 e. The summed E-state index contributed by atoms with van der Waals surface area (Å²) < 4.78 is 26.1. The number of carbonyl (C=O) groups excluding carboxylic acids is 1. The van der Waals surface area contributed by atoms with Gasteiger partial charge >= 0.3 is 0 Å². The topological polar surface area (TPSA) is 92.3 Å². The van der Waals surface area contributed by atoms with E-state index < -0.39 is 15.9 Å². The summed E-state index contributed by atoms with van der Waals surface area (Å²) in [5.41, 5.74) is 1.48. The van der Waals surface area contributed by atoms with E-state index in [1.54, 1.807) is 12.1 Å². The van der Waals surface area contributed by atoms with Crippen LogP contribution in [0.25, 0.3) is 0 Å². The average molecular weight is 415 g/mol. The van der Waals surface area contributed by atoms with E-state index in [1.807, 2.05) is 18.4 Å². The third-order valence-corrected chi connectivity index (χ3v) is 6.49. The van der Waals surface area contributed by atoms with Crippen LogP contribution in [0, 0.1) is 0 Å². The van der Waals surface area contributed by atoms with Gasteiger partial charge in [0.25, 0.3) is 0 Å². The van der Waals surface area contributed by atoms with Crippen LogP contribution in [-0.4, -0.2) is 43.6 Å². The minimum Gasteiger partial charge on any atom is -0.299 e. The first-order chi connectivity index (χ1) is 12.0. The number of hydrogen-bond donors (Lipinski definition) is 1. The number of benzene rings is 1. The first-order valence-corrected chi connectivity index (χ1v) is 11.7. The van der Waals surface area contributed by atoms with Crippen LogP contribution in [0.1, 0.15) is 26.3 Å². The van der Waals surface area contributed by atoms with Crippen molar-refractivity contribution >= 4 is 49.8 Å². The van der Waals surface area contributed by atoms with Crippen LogP contribution >= 0.6 is 23.1 Å². The maximum atomic E-state index is 12.3. The largest absolute Gasteiger partial charge is 0.299 e. The summed E-state index contributed by atoms with van der Waals surface area (Å²) >= 11 is 2.66. The number of amides is 1. The molecule has 142 valence electrons. The van der Waals surface area contributed by atoms with Crippen molar-refractivity contribution in [3.05, 3.63) is 29.8 Å². The van der Waals surface area contributed by atoms with Crippen LogP contribution in [-0.2, 0) is 20.2 Å². The van der Waals surface area contributed by atoms with Crippen LogP contribution in [0.4, 0.5) is 10.8 Å². The molecule has 0 aliphatic heterocycles. The van der Waals surface area contributed by atoms with Crippen molar-refractivity contribution in [2.45, 2.75) is 30.5 Å². The molecule has 0 spiro atoms. The molecular weight excluding hydrogens is 392 g/mol. The van der Waals surface area contributed by atoms with E-state index in [9.17, 15) is 13.2 Å². The fourth-order valence-corrected chi connectivity index (χ4v) is 4.20. The van der Waals surface area contributed by atoms with Gasteiger partial charge in [-0.25, -0.2) is 8.42 Å². The van der Waals surface area contributed by atoms with Gasteiger partial charge in [0.05, 0.1) is 11.9 Å². The molecule has 10 heteroatoms. The molecule has 0 saturated carbocycles. The number of carbonyl (C=O) groups is 1. The number of thioether (sulfide) groups is 1. The van der Waals surface area contributed by atoms with Gasteiger partial charge in [0, 0.05) is 0 Å². The zero-order valence-electron chi connectivity index (χ0n) is 15.3. The smallest absolute Gasteiger partial charge is 0.246 e. The molecule has 2 aromatic rings. The summed E-state index contributed by atoms with van der Waals surface area (Å²) in [6.45, 7) is 5.90. The molecule has 1 aromatic carbocycles. The van der Waals surface area contributed by atoms with Crippen molar-refractivity contribution in [1.29, 1.82) is 0 Å². The molecule has 0 fully saturated rings. The van der Waals surface area contributed by atoms with Gasteiger partial charge in [0.1, 0.15) is 6.54 Å². The first kappa shape index (κ1) is 20.7. The minimum absolute atomic E-state index is 0.0430. The third kappa shape index (κ3) is 5.42. The Morgan fingerprint density at radius 2 is 1.85 bits per heavy atom. The van der Waals surface area contributed by atoms with Gasteiger partial charge in [-0.15, -0.1) is 10.2 Å². The number of anilines is 2. The molecule has 26 heavy (non-hydrogen) atoms. The molecule has 0 radical (unpaired) electrons. The predicted molar refractivity (Wildman–Crippen MR) is 108 cm³/mol. The van der Waals surface area contributed by atoms with E-state index in [2.05, 4.69) is 36.3 Å². The highest BCUT2D eigenvalue weighted by atomic mass is 32.2. The zero-order valence-corrected chi connectivity index (χ0v) is 17.8. The average Bonchev–Trinajstić information content (AvgIpc) is 2.98. The molecule has 0 aliphatic carbocycles. The van der Waals surface area contributed by atoms with E-state index >= 15 is 0 Å². The Morgan fingerprint density at radius 1 is 1.23 bits per heavy atom. The number of nitrogens with zero attached hydrogens (tertiary/aromatic N) is 3. The quantitative estimate of drug-likeness (QED) is 0.577. The highest BCUT2D eigenvalue weighted by Crippen LogP contribution is 2.26. The third-order valence-electron chi connectivity index (χ3n) is 3.54. The van der Waals surface area contributed by atoms with E-state index in [4.69, 9.17) is 0 Å². The number of sulfonamides is 1. The lowest BCUT2D eigenvalue weighted by molar-refractivity contribution is -0.114. The van der Waals surface area contributed by atoms with Crippen molar-refractivity contribution < 1.29 is 13.2 Å². The standard InChI is InChI=1S/C16H22N4O3S3/c1-16(2,3)11-6-8-12(9-7-11)20(26(5,22)23)10-13(21)17-14-18-19-15(24-4)25-14/h6-9H,10H2,1-5H3,(H,17,18,21). The molecule has 1 aromatic heterocycles. The molecule has 1 N–H and O–H groups in total. The van der Waals surface area contributed by atoms with Gasteiger partial charge in [0.15, 0.2) is 4.34 Å². The fraction of sp³-hybridized carbons (Fsp3) is 0.438. The Hall–Kier alpha value is -1.65. The summed E-state index contributed by atoms with van der Waals surface area (Å²) in [5, 5.41) is 10.7. The minimum atomic E-state index is -3.62. The number of rotatable bonds is 6. The summed E-state index contributed by atoms with van der Waals surface area (Å²) in [7, 11) is -3.62. The first-order valence-electron chi connectivity index (χ1n) is 7.76. The number of aromatic nitrogens is 2. The van der Waals surface area contributed by atoms with E-state index in [0.717, 1.165) is 20.5 Å². The predicted octanol–water partition coefficient (Wildman–Crippen LogP) is 2.96. The lowest BCUT2D eigenvalue weighted by Gasteiger charge is -2.24. The molecule has 1 amide bonds. The van der Waals surface area contributed by atoms with Crippen molar-refractivity contribution in [2.75, 3.05) is 28.7 Å². The second-order valence-corrected chi connectivity index (χ2v) is 10.6.